The molecular formula is C18H18N2O4. The van der Waals surface area contributed by atoms with Crippen molar-refractivity contribution in [3.05, 3.63) is 47.9 Å². The number of carbonyl (C=O) groups excluding carboxylic acids is 1. The number of aryl methyl sites for hydroxylation is 1. The van der Waals surface area contributed by atoms with E-state index in [1.807, 2.05) is 6.92 Å². The van der Waals surface area contributed by atoms with E-state index in [0.717, 1.165) is 0 Å². The molecule has 1 amide bonds. The second-order valence-electron chi connectivity index (χ2n) is 5.17. The summed E-state index contributed by atoms with van der Waals surface area (Å²) in [4.78, 5) is 16.7. The van der Waals surface area contributed by atoms with Crippen molar-refractivity contribution < 1.29 is 18.7 Å². The molecule has 2 aromatic carbocycles. The van der Waals surface area contributed by atoms with Crippen LogP contribution in [-0.2, 0) is 0 Å². The molecule has 24 heavy (non-hydrogen) atoms. The first kappa shape index (κ1) is 15.9. The van der Waals surface area contributed by atoms with E-state index in [2.05, 4.69) is 10.3 Å². The molecule has 0 saturated heterocycles. The number of nitrogens with one attached hydrogen (secondary N) is 1. The zero-order valence-corrected chi connectivity index (χ0v) is 13.8. The molecule has 0 fully saturated rings. The van der Waals surface area contributed by atoms with Crippen molar-refractivity contribution in [1.29, 1.82) is 0 Å². The summed E-state index contributed by atoms with van der Waals surface area (Å²) < 4.78 is 16.2. The molecule has 0 spiro atoms. The first-order valence-corrected chi connectivity index (χ1v) is 7.60. The van der Waals surface area contributed by atoms with Gasteiger partial charge in [-0.2, -0.15) is 0 Å². The van der Waals surface area contributed by atoms with E-state index in [4.69, 9.17) is 13.9 Å². The van der Waals surface area contributed by atoms with Gasteiger partial charge in [-0.15, -0.1) is 0 Å². The number of aromatic nitrogens is 1. The van der Waals surface area contributed by atoms with E-state index in [1.54, 1.807) is 50.4 Å². The number of rotatable bonds is 5. The molecule has 1 heterocycles. The van der Waals surface area contributed by atoms with Gasteiger partial charge in [0.05, 0.1) is 13.7 Å². The van der Waals surface area contributed by atoms with E-state index >= 15 is 0 Å². The van der Waals surface area contributed by atoms with Gasteiger partial charge in [0.25, 0.3) is 5.91 Å². The Morgan fingerprint density at radius 1 is 1.21 bits per heavy atom. The third-order valence-electron chi connectivity index (χ3n) is 3.48. The Balaban J connectivity index is 1.82. The summed E-state index contributed by atoms with van der Waals surface area (Å²) in [5.74, 6) is 1.48. The molecule has 0 radical (unpaired) electrons. The Hall–Kier alpha value is -3.02. The number of nitrogens with zero attached hydrogens (tertiary/aromatic N) is 1. The number of hydrogen-bond donors (Lipinski definition) is 1. The van der Waals surface area contributed by atoms with Crippen LogP contribution in [0.5, 0.6) is 11.5 Å². The lowest BCUT2D eigenvalue weighted by Crippen LogP contribution is -2.12. The van der Waals surface area contributed by atoms with Crippen LogP contribution in [0.1, 0.15) is 23.2 Å². The first-order chi connectivity index (χ1) is 11.6. The molecule has 3 aromatic rings. The van der Waals surface area contributed by atoms with Gasteiger partial charge in [0.15, 0.2) is 23.0 Å². The summed E-state index contributed by atoms with van der Waals surface area (Å²) >= 11 is 0. The Morgan fingerprint density at radius 3 is 2.79 bits per heavy atom. The van der Waals surface area contributed by atoms with E-state index in [-0.39, 0.29) is 5.91 Å². The number of fused-ring (bicyclic) bond motifs is 1. The van der Waals surface area contributed by atoms with Crippen molar-refractivity contribution in [1.82, 2.24) is 4.98 Å². The SMILES string of the molecule is CCOc1ccc(C(=O)Nc2ccc3oc(C)nc3c2)cc1OC. The van der Waals surface area contributed by atoms with Crippen molar-refractivity contribution in [3.8, 4) is 11.5 Å². The Bertz CT molecular complexity index is 886. The fourth-order valence-electron chi connectivity index (χ4n) is 2.41. The van der Waals surface area contributed by atoms with Gasteiger partial charge in [0.1, 0.15) is 5.52 Å². The summed E-state index contributed by atoms with van der Waals surface area (Å²) in [5, 5.41) is 2.85. The van der Waals surface area contributed by atoms with Gasteiger partial charge >= 0.3 is 0 Å². The second kappa shape index (κ2) is 6.62. The Morgan fingerprint density at radius 2 is 2.04 bits per heavy atom. The highest BCUT2D eigenvalue weighted by atomic mass is 16.5. The molecule has 1 N–H and O–H groups in total. The van der Waals surface area contributed by atoms with Crippen molar-refractivity contribution in [2.24, 2.45) is 0 Å². The minimum absolute atomic E-state index is 0.240. The lowest BCUT2D eigenvalue weighted by atomic mass is 10.1. The highest BCUT2D eigenvalue weighted by molar-refractivity contribution is 6.05. The molecular weight excluding hydrogens is 308 g/mol. The summed E-state index contributed by atoms with van der Waals surface area (Å²) in [5.41, 5.74) is 2.52. The highest BCUT2D eigenvalue weighted by Crippen LogP contribution is 2.28. The topological polar surface area (TPSA) is 73.6 Å². The van der Waals surface area contributed by atoms with Crippen LogP contribution < -0.4 is 14.8 Å². The van der Waals surface area contributed by atoms with Gasteiger partial charge in [-0.1, -0.05) is 0 Å². The first-order valence-electron chi connectivity index (χ1n) is 7.60. The second-order valence-corrected chi connectivity index (χ2v) is 5.17. The van der Waals surface area contributed by atoms with Crippen LogP contribution in [0.2, 0.25) is 0 Å². The number of ether oxygens (including phenoxy) is 2. The number of hydrogen-bond acceptors (Lipinski definition) is 5. The summed E-state index contributed by atoms with van der Waals surface area (Å²) in [6.45, 7) is 4.20. The average molecular weight is 326 g/mol. The van der Waals surface area contributed by atoms with E-state index in [1.165, 1.54) is 0 Å². The molecule has 0 aliphatic rings. The molecule has 124 valence electrons. The number of methoxy groups -OCH3 is 1. The summed E-state index contributed by atoms with van der Waals surface area (Å²) in [6, 6.07) is 10.4. The molecule has 0 bridgehead atoms. The third kappa shape index (κ3) is 3.17. The fourth-order valence-corrected chi connectivity index (χ4v) is 2.41. The highest BCUT2D eigenvalue weighted by Gasteiger charge is 2.12. The molecule has 0 aliphatic carbocycles. The van der Waals surface area contributed by atoms with Crippen LogP contribution in [0, 0.1) is 6.92 Å². The smallest absolute Gasteiger partial charge is 0.255 e. The predicted octanol–water partition coefficient (Wildman–Crippen LogP) is 3.80. The molecule has 0 saturated carbocycles. The van der Waals surface area contributed by atoms with Gasteiger partial charge in [-0.25, -0.2) is 4.98 Å². The average Bonchev–Trinajstić information content (AvgIpc) is 2.94. The normalized spacial score (nSPS) is 10.6. The number of oxazole rings is 1. The van der Waals surface area contributed by atoms with Crippen LogP contribution in [0.3, 0.4) is 0 Å². The molecule has 0 unspecified atom stereocenters. The lowest BCUT2D eigenvalue weighted by Gasteiger charge is -2.11. The van der Waals surface area contributed by atoms with Gasteiger partial charge in [-0.05, 0) is 43.3 Å². The molecule has 6 heteroatoms. The number of carbonyl (C=O) groups is 1. The number of benzene rings is 2. The quantitative estimate of drug-likeness (QED) is 0.772. The van der Waals surface area contributed by atoms with E-state index in [0.29, 0.717) is 46.3 Å². The van der Waals surface area contributed by atoms with Gasteiger partial charge in [0.2, 0.25) is 0 Å². The van der Waals surface area contributed by atoms with Crippen molar-refractivity contribution >= 4 is 22.7 Å². The molecule has 0 aliphatic heterocycles. The molecule has 0 atom stereocenters. The maximum Gasteiger partial charge on any atom is 0.255 e. The standard InChI is InChI=1S/C18H18N2O4/c1-4-23-16-7-5-12(9-17(16)22-3)18(21)20-13-6-8-15-14(10-13)19-11(2)24-15/h5-10H,4H2,1-3H3,(H,20,21). The van der Waals surface area contributed by atoms with Crippen LogP contribution in [0.4, 0.5) is 5.69 Å². The lowest BCUT2D eigenvalue weighted by molar-refractivity contribution is 0.102. The Kier molecular flexibility index (Phi) is 4.37. The summed E-state index contributed by atoms with van der Waals surface area (Å²) in [6.07, 6.45) is 0. The van der Waals surface area contributed by atoms with Crippen LogP contribution in [-0.4, -0.2) is 24.6 Å². The van der Waals surface area contributed by atoms with Gasteiger partial charge in [0, 0.05) is 18.2 Å². The maximum atomic E-state index is 12.4. The molecule has 6 nitrogen and oxygen atoms in total. The third-order valence-corrected chi connectivity index (χ3v) is 3.48. The zero-order chi connectivity index (χ0) is 17.1. The number of amides is 1. The monoisotopic (exact) mass is 326 g/mol. The van der Waals surface area contributed by atoms with Gasteiger partial charge < -0.3 is 19.2 Å². The molecule has 1 aromatic heterocycles. The Labute approximate surface area is 139 Å². The summed E-state index contributed by atoms with van der Waals surface area (Å²) in [7, 11) is 1.54. The van der Waals surface area contributed by atoms with E-state index < -0.39 is 0 Å². The van der Waals surface area contributed by atoms with Crippen molar-refractivity contribution in [3.63, 3.8) is 0 Å². The minimum Gasteiger partial charge on any atom is -0.493 e. The fraction of sp³-hybridized carbons (Fsp3) is 0.222. The maximum absolute atomic E-state index is 12.4. The van der Waals surface area contributed by atoms with Crippen molar-refractivity contribution in [2.75, 3.05) is 19.0 Å². The van der Waals surface area contributed by atoms with Crippen LogP contribution in [0.25, 0.3) is 11.1 Å². The number of anilines is 1. The zero-order valence-electron chi connectivity index (χ0n) is 13.8. The minimum atomic E-state index is -0.240. The van der Waals surface area contributed by atoms with Crippen LogP contribution >= 0.6 is 0 Å². The molecule has 3 rings (SSSR count). The largest absolute Gasteiger partial charge is 0.493 e. The predicted molar refractivity (Wildman–Crippen MR) is 90.9 cm³/mol. The van der Waals surface area contributed by atoms with Crippen LogP contribution in [0.15, 0.2) is 40.8 Å². The van der Waals surface area contributed by atoms with Gasteiger partial charge in [-0.3, -0.25) is 4.79 Å². The van der Waals surface area contributed by atoms with Crippen molar-refractivity contribution in [2.45, 2.75) is 13.8 Å². The van der Waals surface area contributed by atoms with E-state index in [9.17, 15) is 4.79 Å².